The molecule has 0 aromatic heterocycles. The van der Waals surface area contributed by atoms with Gasteiger partial charge in [0.15, 0.2) is 0 Å². The van der Waals surface area contributed by atoms with E-state index in [0.717, 1.165) is 18.2 Å². The molecule has 0 saturated carbocycles. The predicted octanol–water partition coefficient (Wildman–Crippen LogP) is 2.18. The number of ether oxygens (including phenoxy) is 1. The molecule has 102 valence electrons. The zero-order valence-electron chi connectivity index (χ0n) is 9.95. The van der Waals surface area contributed by atoms with Crippen LogP contribution in [0, 0.1) is 5.82 Å². The Bertz CT molecular complexity index is 493. The van der Waals surface area contributed by atoms with E-state index in [-0.39, 0.29) is 16.5 Å². The quantitative estimate of drug-likeness (QED) is 0.785. The zero-order chi connectivity index (χ0) is 13.6. The van der Waals surface area contributed by atoms with E-state index in [4.69, 9.17) is 16.3 Å². The molecular weight excluding hydrogens is 281 g/mol. The third-order valence-corrected chi connectivity index (χ3v) is 4.09. The molecule has 1 rings (SSSR count). The van der Waals surface area contributed by atoms with Crippen LogP contribution in [0.15, 0.2) is 23.1 Å². The smallest absolute Gasteiger partial charge is 0.242 e. The number of sulfonamides is 1. The van der Waals surface area contributed by atoms with Gasteiger partial charge in [0, 0.05) is 19.8 Å². The lowest BCUT2D eigenvalue weighted by atomic mass is 10.3. The summed E-state index contributed by atoms with van der Waals surface area (Å²) in [6.45, 7) is 3.19. The first kappa shape index (κ1) is 15.4. The Morgan fingerprint density at radius 2 is 2.17 bits per heavy atom. The molecule has 1 N–H and O–H groups in total. The number of halogens is 2. The average Bonchev–Trinajstić information content (AvgIpc) is 2.28. The summed E-state index contributed by atoms with van der Waals surface area (Å²) in [5.41, 5.74) is 0. The van der Waals surface area contributed by atoms with Gasteiger partial charge in [-0.25, -0.2) is 17.5 Å². The minimum atomic E-state index is -3.70. The van der Waals surface area contributed by atoms with Crippen molar-refractivity contribution in [1.29, 1.82) is 0 Å². The van der Waals surface area contributed by atoms with E-state index in [0.29, 0.717) is 19.6 Å². The van der Waals surface area contributed by atoms with Crippen molar-refractivity contribution in [3.8, 4) is 0 Å². The largest absolute Gasteiger partial charge is 0.382 e. The highest BCUT2D eigenvalue weighted by molar-refractivity contribution is 7.89. The maximum atomic E-state index is 12.8. The number of hydrogen-bond acceptors (Lipinski definition) is 3. The molecule has 4 nitrogen and oxygen atoms in total. The average molecular weight is 296 g/mol. The molecule has 0 saturated heterocycles. The molecule has 0 spiro atoms. The van der Waals surface area contributed by atoms with Crippen molar-refractivity contribution in [3.05, 3.63) is 29.0 Å². The van der Waals surface area contributed by atoms with Crippen molar-refractivity contribution in [1.82, 2.24) is 4.72 Å². The normalized spacial score (nSPS) is 11.7. The van der Waals surface area contributed by atoms with Crippen LogP contribution in [0.25, 0.3) is 0 Å². The van der Waals surface area contributed by atoms with Crippen LogP contribution in [0.2, 0.25) is 5.02 Å². The maximum Gasteiger partial charge on any atom is 0.242 e. The van der Waals surface area contributed by atoms with Gasteiger partial charge in [0.05, 0.1) is 5.02 Å². The topological polar surface area (TPSA) is 55.4 Å². The molecular formula is C11H15ClFNO3S. The summed E-state index contributed by atoms with van der Waals surface area (Å²) in [5, 5.41) is -0.132. The van der Waals surface area contributed by atoms with Crippen LogP contribution in [0.3, 0.4) is 0 Å². The molecule has 0 atom stereocenters. The number of hydrogen-bond donors (Lipinski definition) is 1. The van der Waals surface area contributed by atoms with Crippen LogP contribution in [0.4, 0.5) is 4.39 Å². The van der Waals surface area contributed by atoms with Crippen LogP contribution in [0.1, 0.15) is 13.3 Å². The highest BCUT2D eigenvalue weighted by Crippen LogP contribution is 2.21. The molecule has 0 unspecified atom stereocenters. The lowest BCUT2D eigenvalue weighted by Gasteiger charge is -2.08. The molecule has 0 bridgehead atoms. The molecule has 7 heteroatoms. The van der Waals surface area contributed by atoms with Crippen LogP contribution < -0.4 is 4.72 Å². The van der Waals surface area contributed by atoms with Gasteiger partial charge >= 0.3 is 0 Å². The predicted molar refractivity (Wildman–Crippen MR) is 67.7 cm³/mol. The van der Waals surface area contributed by atoms with Crippen molar-refractivity contribution < 1.29 is 17.5 Å². The molecule has 18 heavy (non-hydrogen) atoms. The summed E-state index contributed by atoms with van der Waals surface area (Å²) in [6.07, 6.45) is 0.561. The summed E-state index contributed by atoms with van der Waals surface area (Å²) >= 11 is 5.69. The van der Waals surface area contributed by atoms with E-state index in [1.54, 1.807) is 0 Å². The highest BCUT2D eigenvalue weighted by atomic mass is 35.5. The van der Waals surface area contributed by atoms with E-state index >= 15 is 0 Å². The van der Waals surface area contributed by atoms with Gasteiger partial charge in [0.1, 0.15) is 10.7 Å². The van der Waals surface area contributed by atoms with Gasteiger partial charge < -0.3 is 4.74 Å². The van der Waals surface area contributed by atoms with Gasteiger partial charge in [-0.05, 0) is 31.5 Å². The fourth-order valence-corrected chi connectivity index (χ4v) is 2.90. The lowest BCUT2D eigenvalue weighted by Crippen LogP contribution is -2.25. The van der Waals surface area contributed by atoms with Crippen molar-refractivity contribution in [2.24, 2.45) is 0 Å². The minimum Gasteiger partial charge on any atom is -0.382 e. The summed E-state index contributed by atoms with van der Waals surface area (Å²) in [6, 6.07) is 3.17. The molecule has 1 aromatic rings. The Kier molecular flexibility index (Phi) is 6.01. The molecule has 1 aromatic carbocycles. The molecule has 0 heterocycles. The van der Waals surface area contributed by atoms with Crippen molar-refractivity contribution in [2.45, 2.75) is 18.2 Å². The summed E-state index contributed by atoms with van der Waals surface area (Å²) < 4.78 is 43.9. The maximum absolute atomic E-state index is 12.8. The zero-order valence-corrected chi connectivity index (χ0v) is 11.5. The van der Waals surface area contributed by atoms with E-state index in [9.17, 15) is 12.8 Å². The summed E-state index contributed by atoms with van der Waals surface area (Å²) in [4.78, 5) is -0.123. The van der Waals surface area contributed by atoms with Crippen molar-refractivity contribution >= 4 is 21.6 Å². The van der Waals surface area contributed by atoms with Gasteiger partial charge in [0.2, 0.25) is 10.0 Å². The lowest BCUT2D eigenvalue weighted by molar-refractivity contribution is 0.146. The van der Waals surface area contributed by atoms with Gasteiger partial charge in [0.25, 0.3) is 0 Å². The fourth-order valence-electron chi connectivity index (χ4n) is 1.30. The van der Waals surface area contributed by atoms with E-state index in [1.807, 2.05) is 6.92 Å². The summed E-state index contributed by atoms with van der Waals surface area (Å²) in [5.74, 6) is -0.574. The Balaban J connectivity index is 2.63. The Hall–Kier alpha value is -0.690. The van der Waals surface area contributed by atoms with E-state index < -0.39 is 15.8 Å². The molecule has 0 radical (unpaired) electrons. The van der Waals surface area contributed by atoms with E-state index in [2.05, 4.69) is 4.72 Å². The molecule has 0 aliphatic rings. The second-order valence-corrected chi connectivity index (χ2v) is 5.67. The number of benzene rings is 1. The first-order valence-electron chi connectivity index (χ1n) is 5.50. The second kappa shape index (κ2) is 7.04. The number of rotatable bonds is 7. The van der Waals surface area contributed by atoms with Gasteiger partial charge in [-0.15, -0.1) is 0 Å². The Morgan fingerprint density at radius 1 is 1.44 bits per heavy atom. The first-order valence-corrected chi connectivity index (χ1v) is 7.36. The third-order valence-electron chi connectivity index (χ3n) is 2.15. The Labute approximate surface area is 111 Å². The molecule has 0 aliphatic carbocycles. The van der Waals surface area contributed by atoms with Gasteiger partial charge in [-0.3, -0.25) is 0 Å². The SMILES string of the molecule is CCOCCCNS(=O)(=O)c1ccc(F)cc1Cl. The van der Waals surface area contributed by atoms with Crippen molar-refractivity contribution in [2.75, 3.05) is 19.8 Å². The highest BCUT2D eigenvalue weighted by Gasteiger charge is 2.17. The third kappa shape index (κ3) is 4.53. The van der Waals surface area contributed by atoms with Crippen LogP contribution >= 0.6 is 11.6 Å². The van der Waals surface area contributed by atoms with Crippen LogP contribution in [-0.2, 0) is 14.8 Å². The fraction of sp³-hybridized carbons (Fsp3) is 0.455. The molecule has 0 aliphatic heterocycles. The minimum absolute atomic E-state index is 0.123. The second-order valence-electron chi connectivity index (χ2n) is 3.52. The monoisotopic (exact) mass is 295 g/mol. The van der Waals surface area contributed by atoms with Crippen LogP contribution in [0.5, 0.6) is 0 Å². The first-order chi connectivity index (χ1) is 8.47. The standard InChI is InChI=1S/C11H15ClFNO3S/c1-2-17-7-3-6-14-18(15,16)11-5-4-9(13)8-10(11)12/h4-5,8,14H,2-3,6-7H2,1H3. The van der Waals surface area contributed by atoms with Crippen LogP contribution in [-0.4, -0.2) is 28.2 Å². The van der Waals surface area contributed by atoms with Crippen molar-refractivity contribution in [3.63, 3.8) is 0 Å². The van der Waals surface area contributed by atoms with E-state index in [1.165, 1.54) is 0 Å². The molecule has 0 fully saturated rings. The number of nitrogens with one attached hydrogen (secondary N) is 1. The Morgan fingerprint density at radius 3 is 2.78 bits per heavy atom. The molecule has 0 amide bonds. The summed E-state index contributed by atoms with van der Waals surface area (Å²) in [7, 11) is -3.70. The van der Waals surface area contributed by atoms with Gasteiger partial charge in [-0.2, -0.15) is 0 Å². The van der Waals surface area contributed by atoms with Gasteiger partial charge in [-0.1, -0.05) is 11.6 Å².